The highest BCUT2D eigenvalue weighted by Crippen LogP contribution is 2.44. The molecule has 1 aromatic heterocycles. The molecule has 0 amide bonds. The zero-order chi connectivity index (χ0) is 18.1. The maximum atomic E-state index is 11.9. The molecule has 0 radical (unpaired) electrons. The third-order valence-electron chi connectivity index (χ3n) is 3.40. The first-order chi connectivity index (χ1) is 11.9. The van der Waals surface area contributed by atoms with Crippen LogP contribution >= 0.6 is 34.7 Å². The lowest BCUT2D eigenvalue weighted by Crippen LogP contribution is -2.01. The average molecular weight is 395 g/mol. The number of methoxy groups -OCH3 is 1. The number of benzene rings is 2. The van der Waals surface area contributed by atoms with Gasteiger partial charge in [-0.25, -0.2) is 4.79 Å². The van der Waals surface area contributed by atoms with E-state index >= 15 is 0 Å². The third-order valence-corrected chi connectivity index (χ3v) is 5.83. The Kier molecular flexibility index (Phi) is 4.85. The fourth-order valence-corrected chi connectivity index (χ4v) is 4.58. The van der Waals surface area contributed by atoms with Gasteiger partial charge in [0.25, 0.3) is 5.69 Å². The van der Waals surface area contributed by atoms with E-state index < -0.39 is 10.9 Å². The zero-order valence-corrected chi connectivity index (χ0v) is 15.2. The minimum absolute atomic E-state index is 0.0679. The summed E-state index contributed by atoms with van der Waals surface area (Å²) in [6.45, 7) is 0. The predicted molar refractivity (Wildman–Crippen MR) is 99.8 cm³/mol. The number of carbonyl (C=O) groups is 1. The second-order valence-electron chi connectivity index (χ2n) is 4.97. The standard InChI is InChI=1S/C16H11ClN2O4S2/c1-23-16(20)15-14(18)13-11(24-10-4-2-8(17)3-5-10)6-9(19(21)22)7-12(13)25-15/h2-7H,18H2,1H3. The van der Waals surface area contributed by atoms with Crippen molar-refractivity contribution >= 4 is 62.1 Å². The van der Waals surface area contributed by atoms with Crippen LogP contribution in [0.2, 0.25) is 5.02 Å². The molecular formula is C16H11ClN2O4S2. The summed E-state index contributed by atoms with van der Waals surface area (Å²) in [6.07, 6.45) is 0. The average Bonchev–Trinajstić information content (AvgIpc) is 2.93. The molecule has 9 heteroatoms. The first-order valence-electron chi connectivity index (χ1n) is 6.93. The summed E-state index contributed by atoms with van der Waals surface area (Å²) >= 11 is 8.28. The molecule has 3 rings (SSSR count). The number of ether oxygens (including phenoxy) is 1. The van der Waals surface area contributed by atoms with Crippen LogP contribution in [0.15, 0.2) is 46.2 Å². The van der Waals surface area contributed by atoms with Gasteiger partial charge in [0.15, 0.2) is 0 Å². The van der Waals surface area contributed by atoms with Gasteiger partial charge in [0.05, 0.1) is 17.7 Å². The number of halogens is 1. The van der Waals surface area contributed by atoms with Crippen LogP contribution in [-0.4, -0.2) is 18.0 Å². The van der Waals surface area contributed by atoms with E-state index in [9.17, 15) is 14.9 Å². The highest BCUT2D eigenvalue weighted by atomic mass is 35.5. The Morgan fingerprint density at radius 2 is 2.00 bits per heavy atom. The number of anilines is 1. The Hall–Kier alpha value is -2.29. The highest BCUT2D eigenvalue weighted by molar-refractivity contribution is 7.99. The van der Waals surface area contributed by atoms with Gasteiger partial charge < -0.3 is 10.5 Å². The van der Waals surface area contributed by atoms with Crippen LogP contribution in [0.5, 0.6) is 0 Å². The van der Waals surface area contributed by atoms with E-state index in [1.807, 2.05) is 0 Å². The third kappa shape index (κ3) is 3.41. The van der Waals surface area contributed by atoms with Gasteiger partial charge in [0.2, 0.25) is 0 Å². The normalized spacial score (nSPS) is 10.8. The molecule has 0 saturated carbocycles. The number of carbonyl (C=O) groups excluding carboxylic acids is 1. The van der Waals surface area contributed by atoms with E-state index in [1.165, 1.54) is 31.0 Å². The number of nitrogen functional groups attached to an aromatic ring is 1. The molecule has 25 heavy (non-hydrogen) atoms. The van der Waals surface area contributed by atoms with Crippen LogP contribution in [0.25, 0.3) is 10.1 Å². The first-order valence-corrected chi connectivity index (χ1v) is 8.94. The van der Waals surface area contributed by atoms with E-state index in [0.29, 0.717) is 20.0 Å². The van der Waals surface area contributed by atoms with E-state index in [1.54, 1.807) is 24.3 Å². The number of nitro benzene ring substituents is 1. The number of fused-ring (bicyclic) bond motifs is 1. The fraction of sp³-hybridized carbons (Fsp3) is 0.0625. The molecule has 0 aliphatic rings. The topological polar surface area (TPSA) is 95.5 Å². The predicted octanol–water partition coefficient (Wildman–Crippen LogP) is 4.98. The summed E-state index contributed by atoms with van der Waals surface area (Å²) in [5.41, 5.74) is 6.32. The van der Waals surface area contributed by atoms with Crippen molar-refractivity contribution in [3.63, 3.8) is 0 Å². The number of nitrogens with zero attached hydrogens (tertiary/aromatic N) is 1. The molecule has 0 atom stereocenters. The second kappa shape index (κ2) is 6.91. The van der Waals surface area contributed by atoms with E-state index in [2.05, 4.69) is 0 Å². The first kappa shape index (κ1) is 17.5. The van der Waals surface area contributed by atoms with Crippen molar-refractivity contribution in [2.24, 2.45) is 0 Å². The van der Waals surface area contributed by atoms with Crippen LogP contribution in [-0.2, 0) is 4.74 Å². The van der Waals surface area contributed by atoms with Crippen molar-refractivity contribution in [3.05, 3.63) is 56.4 Å². The molecule has 0 fully saturated rings. The lowest BCUT2D eigenvalue weighted by atomic mass is 10.2. The van der Waals surface area contributed by atoms with Gasteiger partial charge in [-0.15, -0.1) is 11.3 Å². The second-order valence-corrected chi connectivity index (χ2v) is 7.57. The number of rotatable bonds is 4. The molecule has 6 nitrogen and oxygen atoms in total. The Morgan fingerprint density at radius 1 is 1.32 bits per heavy atom. The summed E-state index contributed by atoms with van der Waals surface area (Å²) in [6, 6.07) is 9.94. The van der Waals surface area contributed by atoms with E-state index in [4.69, 9.17) is 22.1 Å². The molecule has 0 saturated heterocycles. The van der Waals surface area contributed by atoms with Crippen molar-refractivity contribution in [2.45, 2.75) is 9.79 Å². The molecule has 0 bridgehead atoms. The molecule has 128 valence electrons. The van der Waals surface area contributed by atoms with Gasteiger partial charge in [-0.05, 0) is 24.3 Å². The fourth-order valence-electron chi connectivity index (χ4n) is 2.26. The number of esters is 1. The van der Waals surface area contributed by atoms with Crippen LogP contribution in [0, 0.1) is 10.1 Å². The number of nitro groups is 1. The van der Waals surface area contributed by atoms with Crippen LogP contribution in [0.1, 0.15) is 9.67 Å². The van der Waals surface area contributed by atoms with Crippen molar-refractivity contribution < 1.29 is 14.5 Å². The zero-order valence-electron chi connectivity index (χ0n) is 12.8. The summed E-state index contributed by atoms with van der Waals surface area (Å²) < 4.78 is 5.29. The number of hydrogen-bond donors (Lipinski definition) is 1. The van der Waals surface area contributed by atoms with E-state index in [-0.39, 0.29) is 16.3 Å². The van der Waals surface area contributed by atoms with Crippen molar-refractivity contribution in [2.75, 3.05) is 12.8 Å². The molecular weight excluding hydrogens is 384 g/mol. The molecule has 0 spiro atoms. The number of hydrogen-bond acceptors (Lipinski definition) is 7. The van der Waals surface area contributed by atoms with Crippen molar-refractivity contribution in [3.8, 4) is 0 Å². The monoisotopic (exact) mass is 394 g/mol. The Labute approximate surface area is 155 Å². The van der Waals surface area contributed by atoms with Gasteiger partial charge >= 0.3 is 5.97 Å². The summed E-state index contributed by atoms with van der Waals surface area (Å²) in [4.78, 5) is 24.3. The smallest absolute Gasteiger partial charge is 0.350 e. The minimum Gasteiger partial charge on any atom is -0.465 e. The van der Waals surface area contributed by atoms with Crippen LogP contribution in [0.4, 0.5) is 11.4 Å². The number of thiophene rings is 1. The maximum Gasteiger partial charge on any atom is 0.350 e. The largest absolute Gasteiger partial charge is 0.465 e. The Balaban J connectivity index is 2.20. The molecule has 2 aromatic carbocycles. The number of nitrogens with two attached hydrogens (primary N) is 1. The quantitative estimate of drug-likeness (QED) is 0.380. The minimum atomic E-state index is -0.566. The molecule has 0 aliphatic carbocycles. The molecule has 1 heterocycles. The van der Waals surface area contributed by atoms with Gasteiger partial charge in [0, 0.05) is 37.0 Å². The number of non-ortho nitro benzene ring substituents is 1. The summed E-state index contributed by atoms with van der Waals surface area (Å²) in [7, 11) is 1.26. The molecule has 0 unspecified atom stereocenters. The van der Waals surface area contributed by atoms with Crippen molar-refractivity contribution in [1.82, 2.24) is 0 Å². The van der Waals surface area contributed by atoms with Gasteiger partial charge in [0.1, 0.15) is 4.88 Å². The molecule has 0 aliphatic heterocycles. The maximum absolute atomic E-state index is 11.9. The van der Waals surface area contributed by atoms with E-state index in [0.717, 1.165) is 16.2 Å². The van der Waals surface area contributed by atoms with Crippen LogP contribution < -0.4 is 5.73 Å². The van der Waals surface area contributed by atoms with Gasteiger partial charge in [-0.3, -0.25) is 10.1 Å². The van der Waals surface area contributed by atoms with Gasteiger partial charge in [-0.2, -0.15) is 0 Å². The highest BCUT2D eigenvalue weighted by Gasteiger charge is 2.22. The van der Waals surface area contributed by atoms with Crippen LogP contribution in [0.3, 0.4) is 0 Å². The van der Waals surface area contributed by atoms with Gasteiger partial charge in [-0.1, -0.05) is 23.4 Å². The summed E-state index contributed by atoms with van der Waals surface area (Å²) in [5, 5.41) is 12.4. The Morgan fingerprint density at radius 3 is 2.60 bits per heavy atom. The lowest BCUT2D eigenvalue weighted by Gasteiger charge is -2.05. The Bertz CT molecular complexity index is 986. The molecule has 3 aromatic rings. The van der Waals surface area contributed by atoms with Crippen molar-refractivity contribution in [1.29, 1.82) is 0 Å². The molecule has 2 N–H and O–H groups in total. The SMILES string of the molecule is COC(=O)c1sc2cc([N+](=O)[O-])cc(Sc3ccc(Cl)cc3)c2c1N. The summed E-state index contributed by atoms with van der Waals surface area (Å²) in [5.74, 6) is -0.566. The lowest BCUT2D eigenvalue weighted by molar-refractivity contribution is -0.384.